The van der Waals surface area contributed by atoms with Crippen LogP contribution < -0.4 is 0 Å². The molecule has 0 bridgehead atoms. The van der Waals surface area contributed by atoms with Gasteiger partial charge < -0.3 is 4.90 Å². The van der Waals surface area contributed by atoms with Crippen molar-refractivity contribution in [3.05, 3.63) is 60.2 Å². The summed E-state index contributed by atoms with van der Waals surface area (Å²) in [6.45, 7) is 1.91. The van der Waals surface area contributed by atoms with E-state index in [2.05, 4.69) is 59.5 Å². The third-order valence-electron chi connectivity index (χ3n) is 7.66. The Bertz CT molecular complexity index is 1180. The lowest BCUT2D eigenvalue weighted by molar-refractivity contribution is -0.131. The second kappa shape index (κ2) is 10.5. The van der Waals surface area contributed by atoms with Gasteiger partial charge in [0, 0.05) is 19.5 Å². The largest absolute Gasteiger partial charge is 0.343 e. The van der Waals surface area contributed by atoms with E-state index in [9.17, 15) is 4.79 Å². The first-order valence-electron chi connectivity index (χ1n) is 13.2. The van der Waals surface area contributed by atoms with Gasteiger partial charge in [-0.1, -0.05) is 99.5 Å². The first-order chi connectivity index (χ1) is 16.3. The summed E-state index contributed by atoms with van der Waals surface area (Å²) in [6.07, 6.45) is 14.2. The van der Waals surface area contributed by atoms with Crippen LogP contribution in [0.5, 0.6) is 0 Å². The highest BCUT2D eigenvalue weighted by molar-refractivity contribution is 6.23. The molecule has 2 heteroatoms. The quantitative estimate of drug-likeness (QED) is 0.293. The number of hydrogen-bond acceptors (Lipinski definition) is 1. The molecule has 1 amide bonds. The van der Waals surface area contributed by atoms with Crippen LogP contribution in [0, 0.1) is 0 Å². The van der Waals surface area contributed by atoms with Crippen LogP contribution in [-0.2, 0) is 11.2 Å². The van der Waals surface area contributed by atoms with Gasteiger partial charge in [0.1, 0.15) is 0 Å². The van der Waals surface area contributed by atoms with Crippen molar-refractivity contribution in [3.63, 3.8) is 0 Å². The highest BCUT2D eigenvalue weighted by Gasteiger charge is 2.15. The average molecular weight is 440 g/mol. The van der Waals surface area contributed by atoms with Gasteiger partial charge in [-0.15, -0.1) is 0 Å². The van der Waals surface area contributed by atoms with E-state index in [0.29, 0.717) is 12.3 Å². The summed E-state index contributed by atoms with van der Waals surface area (Å²) < 4.78 is 0. The van der Waals surface area contributed by atoms with Crippen molar-refractivity contribution in [2.24, 2.45) is 0 Å². The molecule has 1 aliphatic heterocycles. The van der Waals surface area contributed by atoms with Gasteiger partial charge in [-0.05, 0) is 63.6 Å². The van der Waals surface area contributed by atoms with E-state index in [1.165, 1.54) is 95.7 Å². The van der Waals surface area contributed by atoms with Gasteiger partial charge in [0.2, 0.25) is 5.91 Å². The molecule has 0 spiro atoms. The fraction of sp³-hybridized carbons (Fsp3) is 0.452. The summed E-state index contributed by atoms with van der Waals surface area (Å²) in [5.74, 6) is 0.366. The van der Waals surface area contributed by atoms with Crippen LogP contribution in [-0.4, -0.2) is 23.9 Å². The van der Waals surface area contributed by atoms with E-state index >= 15 is 0 Å². The third kappa shape index (κ3) is 5.00. The number of nitrogens with zero attached hydrogens (tertiary/aromatic N) is 1. The Labute approximate surface area is 198 Å². The van der Waals surface area contributed by atoms with Crippen LogP contribution in [0.25, 0.3) is 32.3 Å². The van der Waals surface area contributed by atoms with Gasteiger partial charge in [0.15, 0.2) is 0 Å². The summed E-state index contributed by atoms with van der Waals surface area (Å²) >= 11 is 0. The van der Waals surface area contributed by atoms with Gasteiger partial charge in [-0.25, -0.2) is 0 Å². The number of rotatable bonds is 4. The molecule has 1 fully saturated rings. The van der Waals surface area contributed by atoms with E-state index in [-0.39, 0.29) is 0 Å². The SMILES string of the molecule is O=C(CCCc1ccc2ccc3cccc4ccc1c2c34)N1CCCCCCCCCCC1. The molecular formula is C31H37NO. The summed E-state index contributed by atoms with van der Waals surface area (Å²) in [6, 6.07) is 20.1. The van der Waals surface area contributed by atoms with E-state index in [1.807, 2.05) is 0 Å². The molecule has 2 nitrogen and oxygen atoms in total. The van der Waals surface area contributed by atoms with E-state index < -0.39 is 0 Å². The smallest absolute Gasteiger partial charge is 0.222 e. The Balaban J connectivity index is 1.27. The van der Waals surface area contributed by atoms with Crippen molar-refractivity contribution < 1.29 is 4.79 Å². The summed E-state index contributed by atoms with van der Waals surface area (Å²) in [5.41, 5.74) is 1.38. The highest BCUT2D eigenvalue weighted by atomic mass is 16.2. The maximum absolute atomic E-state index is 13.1. The molecule has 4 aromatic carbocycles. The molecule has 33 heavy (non-hydrogen) atoms. The molecule has 0 atom stereocenters. The topological polar surface area (TPSA) is 20.3 Å². The number of carbonyl (C=O) groups excluding carboxylic acids is 1. The summed E-state index contributed by atoms with van der Waals surface area (Å²) in [7, 11) is 0. The summed E-state index contributed by atoms with van der Waals surface area (Å²) in [5, 5.41) is 8.06. The Kier molecular flexibility index (Phi) is 7.09. The van der Waals surface area contributed by atoms with Gasteiger partial charge >= 0.3 is 0 Å². The van der Waals surface area contributed by atoms with Crippen LogP contribution in [0.15, 0.2) is 54.6 Å². The van der Waals surface area contributed by atoms with Gasteiger partial charge in [-0.2, -0.15) is 0 Å². The third-order valence-corrected chi connectivity index (χ3v) is 7.66. The fourth-order valence-corrected chi connectivity index (χ4v) is 5.81. The molecule has 1 saturated heterocycles. The molecule has 5 rings (SSSR count). The Hall–Kier alpha value is -2.61. The lowest BCUT2D eigenvalue weighted by Crippen LogP contribution is -2.33. The molecule has 172 valence electrons. The van der Waals surface area contributed by atoms with Crippen LogP contribution in [0.3, 0.4) is 0 Å². The minimum atomic E-state index is 0.366. The zero-order valence-electron chi connectivity index (χ0n) is 20.0. The number of benzene rings is 4. The lowest BCUT2D eigenvalue weighted by atomic mass is 9.90. The lowest BCUT2D eigenvalue weighted by Gasteiger charge is -2.23. The molecule has 1 heterocycles. The second-order valence-electron chi connectivity index (χ2n) is 10.00. The molecule has 0 radical (unpaired) electrons. The maximum atomic E-state index is 13.1. The standard InChI is InChI=1S/C31H37NO/c33-29(32-22-8-6-4-2-1-3-5-7-9-23-32)15-11-12-24-16-17-27-19-18-25-13-10-14-26-20-21-28(24)31(27)30(25)26/h10,13-14,16-21H,1-9,11-12,15,22-23H2. The monoisotopic (exact) mass is 439 g/mol. The van der Waals surface area contributed by atoms with Gasteiger partial charge in [0.05, 0.1) is 0 Å². The van der Waals surface area contributed by atoms with Gasteiger partial charge in [-0.3, -0.25) is 4.79 Å². The molecule has 4 aromatic rings. The number of amides is 1. The van der Waals surface area contributed by atoms with Crippen molar-refractivity contribution >= 4 is 38.2 Å². The first kappa shape index (κ1) is 22.2. The van der Waals surface area contributed by atoms with E-state index in [0.717, 1.165) is 25.9 Å². The number of hydrogen-bond donors (Lipinski definition) is 0. The highest BCUT2D eigenvalue weighted by Crippen LogP contribution is 2.36. The van der Waals surface area contributed by atoms with Crippen molar-refractivity contribution in [2.45, 2.75) is 77.0 Å². The minimum Gasteiger partial charge on any atom is -0.343 e. The average Bonchev–Trinajstić information content (AvgIpc) is 2.83. The van der Waals surface area contributed by atoms with Crippen molar-refractivity contribution in [3.8, 4) is 0 Å². The molecule has 0 aliphatic carbocycles. The molecule has 1 aliphatic rings. The molecule has 0 N–H and O–H groups in total. The van der Waals surface area contributed by atoms with E-state index in [4.69, 9.17) is 0 Å². The zero-order chi connectivity index (χ0) is 22.5. The van der Waals surface area contributed by atoms with Crippen LogP contribution in [0.4, 0.5) is 0 Å². The second-order valence-corrected chi connectivity index (χ2v) is 10.00. The van der Waals surface area contributed by atoms with Crippen molar-refractivity contribution in [1.82, 2.24) is 4.90 Å². The Morgan fingerprint density at radius 3 is 1.85 bits per heavy atom. The van der Waals surface area contributed by atoms with Crippen molar-refractivity contribution in [2.75, 3.05) is 13.1 Å². The van der Waals surface area contributed by atoms with Crippen LogP contribution in [0.1, 0.15) is 76.2 Å². The number of carbonyl (C=O) groups is 1. The molecule has 0 aromatic heterocycles. The Morgan fingerprint density at radius 2 is 1.18 bits per heavy atom. The van der Waals surface area contributed by atoms with Gasteiger partial charge in [0.25, 0.3) is 0 Å². The maximum Gasteiger partial charge on any atom is 0.222 e. The number of aryl methyl sites for hydroxylation is 1. The molecular weight excluding hydrogens is 402 g/mol. The van der Waals surface area contributed by atoms with E-state index in [1.54, 1.807) is 0 Å². The van der Waals surface area contributed by atoms with Crippen molar-refractivity contribution in [1.29, 1.82) is 0 Å². The van der Waals surface area contributed by atoms with Crippen LogP contribution in [0.2, 0.25) is 0 Å². The normalized spacial score (nSPS) is 16.8. The molecule has 0 unspecified atom stereocenters. The summed E-state index contributed by atoms with van der Waals surface area (Å²) in [4.78, 5) is 15.2. The fourth-order valence-electron chi connectivity index (χ4n) is 5.81. The predicted molar refractivity (Wildman–Crippen MR) is 141 cm³/mol. The zero-order valence-corrected chi connectivity index (χ0v) is 20.0. The Morgan fingerprint density at radius 1 is 0.636 bits per heavy atom. The van der Waals surface area contributed by atoms with Crippen LogP contribution >= 0.6 is 0 Å². The predicted octanol–water partition coefficient (Wildman–Crippen LogP) is 8.26. The first-order valence-corrected chi connectivity index (χ1v) is 13.2. The molecule has 0 saturated carbocycles. The minimum absolute atomic E-state index is 0.366.